The molecular formula is C19H20FeO7. The molecule has 146 valence electrons. The van der Waals surface area contributed by atoms with Crippen LogP contribution in [0.25, 0.3) is 0 Å². The summed E-state index contributed by atoms with van der Waals surface area (Å²) in [6, 6.07) is 5.82. The molecule has 2 rings (SSSR count). The van der Waals surface area contributed by atoms with Gasteiger partial charge in [-0.2, -0.15) is 0 Å². The van der Waals surface area contributed by atoms with E-state index in [1.807, 2.05) is 37.5 Å². The van der Waals surface area contributed by atoms with E-state index in [1.165, 1.54) is 0 Å². The summed E-state index contributed by atoms with van der Waals surface area (Å²) in [6.07, 6.45) is 7.49. The van der Waals surface area contributed by atoms with Gasteiger partial charge in [0.2, 0.25) is 0 Å². The van der Waals surface area contributed by atoms with Crippen LogP contribution in [0.1, 0.15) is 12.0 Å². The van der Waals surface area contributed by atoms with Crippen molar-refractivity contribution in [3.05, 3.63) is 69.1 Å². The van der Waals surface area contributed by atoms with Crippen molar-refractivity contribution in [3.8, 4) is 11.5 Å². The zero-order chi connectivity index (χ0) is 20.6. The molecule has 4 radical (unpaired) electrons. The fraction of sp³-hybridized carbons (Fsp3) is 0.316. The van der Waals surface area contributed by atoms with Gasteiger partial charge < -0.3 is 18.9 Å². The van der Waals surface area contributed by atoms with Crippen LogP contribution in [0.3, 0.4) is 0 Å². The molecule has 8 heteroatoms. The van der Waals surface area contributed by atoms with E-state index in [0.717, 1.165) is 11.7 Å². The van der Waals surface area contributed by atoms with E-state index in [0.29, 0.717) is 17.9 Å². The Morgan fingerprint density at radius 3 is 1.78 bits per heavy atom. The van der Waals surface area contributed by atoms with Crippen molar-refractivity contribution >= 4 is 0 Å². The Hall–Kier alpha value is -1.52. The number of ether oxygens (including phenoxy) is 4. The minimum Gasteiger partial charge on any atom is 0 e. The van der Waals surface area contributed by atoms with Crippen LogP contribution >= 0.6 is 0 Å². The molecule has 7 nitrogen and oxygen atoms in total. The zero-order valence-electron chi connectivity index (χ0n) is 15.4. The largest absolute Gasteiger partial charge is 0 e. The van der Waals surface area contributed by atoms with Gasteiger partial charge in [0, 0.05) is 44.1 Å². The third-order valence-electron chi connectivity index (χ3n) is 3.60. The van der Waals surface area contributed by atoms with Gasteiger partial charge in [-0.15, -0.1) is 0 Å². The Kier molecular flexibility index (Phi) is 20.0. The van der Waals surface area contributed by atoms with Crippen molar-refractivity contribution in [1.29, 1.82) is 0 Å². The topological polar surface area (TPSA) is 96.6 Å². The van der Waals surface area contributed by atoms with Crippen LogP contribution in [0, 0.1) is 45.3 Å². The minimum absolute atomic E-state index is 0. The van der Waals surface area contributed by atoms with E-state index < -0.39 is 5.60 Å². The van der Waals surface area contributed by atoms with Gasteiger partial charge in [0.1, 0.15) is 6.10 Å². The van der Waals surface area contributed by atoms with Crippen LogP contribution in [0.15, 0.2) is 18.2 Å². The monoisotopic (exact) mass is 416 g/mol. The molecule has 0 aliphatic heterocycles. The van der Waals surface area contributed by atoms with Gasteiger partial charge >= 0.3 is 33.9 Å². The summed E-state index contributed by atoms with van der Waals surface area (Å²) in [5.41, 5.74) is 0.516. The average molecular weight is 416 g/mol. The number of hydrogen-bond acceptors (Lipinski definition) is 4. The van der Waals surface area contributed by atoms with Crippen molar-refractivity contribution in [2.45, 2.75) is 12.0 Å². The fourth-order valence-electron chi connectivity index (χ4n) is 2.34. The average Bonchev–Trinajstić information content (AvgIpc) is 2.77. The van der Waals surface area contributed by atoms with E-state index in [1.54, 1.807) is 28.4 Å². The summed E-state index contributed by atoms with van der Waals surface area (Å²) in [5, 5.41) is 0. The molecule has 1 unspecified atom stereocenters. The molecule has 1 fully saturated rings. The second-order valence-corrected chi connectivity index (χ2v) is 4.51. The minimum atomic E-state index is -0.498. The van der Waals surface area contributed by atoms with Gasteiger partial charge in [-0.1, -0.05) is 6.07 Å². The molecule has 0 amide bonds. The SMILES string of the molecule is CO[C]1[CH][CH]C(OC)(c2ccc(OC)c(OC)c2)C[CH]1.[C-]#[O+].[C-]#[O+].[C-]#[O+].[Fe]. The van der Waals surface area contributed by atoms with Crippen molar-refractivity contribution in [3.63, 3.8) is 0 Å². The predicted molar refractivity (Wildman–Crippen MR) is 87.8 cm³/mol. The van der Waals surface area contributed by atoms with E-state index in [4.69, 9.17) is 32.9 Å². The first-order chi connectivity index (χ1) is 12.7. The van der Waals surface area contributed by atoms with Gasteiger partial charge in [-0.05, 0) is 30.5 Å². The van der Waals surface area contributed by atoms with Gasteiger partial charge in [-0.25, -0.2) is 0 Å². The molecule has 1 atom stereocenters. The summed E-state index contributed by atoms with van der Waals surface area (Å²) >= 11 is 0. The number of hydrogen-bond donors (Lipinski definition) is 0. The van der Waals surface area contributed by atoms with Crippen LogP contribution < -0.4 is 9.47 Å². The number of benzene rings is 1. The molecule has 0 spiro atoms. The summed E-state index contributed by atoms with van der Waals surface area (Å²) in [7, 11) is 6.61. The van der Waals surface area contributed by atoms with Crippen molar-refractivity contribution in [2.24, 2.45) is 0 Å². The van der Waals surface area contributed by atoms with Gasteiger partial charge in [0.15, 0.2) is 11.5 Å². The Morgan fingerprint density at radius 2 is 1.41 bits per heavy atom. The molecule has 1 aromatic carbocycles. The molecule has 0 saturated heterocycles. The summed E-state index contributed by atoms with van der Waals surface area (Å²) in [5.74, 6) is 1.40. The van der Waals surface area contributed by atoms with E-state index in [9.17, 15) is 0 Å². The molecule has 0 aromatic heterocycles. The Balaban J connectivity index is -0.000000749. The molecule has 0 N–H and O–H groups in total. The third kappa shape index (κ3) is 8.35. The molecule has 1 aliphatic carbocycles. The summed E-state index contributed by atoms with van der Waals surface area (Å²) < 4.78 is 44.1. The van der Waals surface area contributed by atoms with E-state index in [-0.39, 0.29) is 17.1 Å². The molecule has 27 heavy (non-hydrogen) atoms. The summed E-state index contributed by atoms with van der Waals surface area (Å²) in [6.45, 7) is 13.5. The zero-order valence-corrected chi connectivity index (χ0v) is 16.5. The van der Waals surface area contributed by atoms with Gasteiger partial charge in [0.25, 0.3) is 0 Å². The molecule has 0 bridgehead atoms. The summed E-state index contributed by atoms with van der Waals surface area (Å²) in [4.78, 5) is 0. The Bertz CT molecular complexity index is 547. The van der Waals surface area contributed by atoms with Crippen molar-refractivity contribution in [1.82, 2.24) is 0 Å². The molecule has 1 aromatic rings. The predicted octanol–water partition coefficient (Wildman–Crippen LogP) is 2.63. The molecular weight excluding hydrogens is 396 g/mol. The van der Waals surface area contributed by atoms with Crippen molar-refractivity contribution in [2.75, 3.05) is 28.4 Å². The first-order valence-corrected chi connectivity index (χ1v) is 7.01. The normalized spacial score (nSPS) is 14.1. The molecule has 0 heterocycles. The maximum absolute atomic E-state index is 7.50. The van der Waals surface area contributed by atoms with Crippen LogP contribution in [0.5, 0.6) is 11.5 Å². The molecule has 1 aliphatic rings. The molecule has 1 saturated carbocycles. The smallest absolute Gasteiger partial charge is 0 e. The van der Waals surface area contributed by atoms with Crippen LogP contribution in [-0.2, 0) is 46.1 Å². The Morgan fingerprint density at radius 1 is 0.852 bits per heavy atom. The van der Waals surface area contributed by atoms with Gasteiger partial charge in [-0.3, -0.25) is 0 Å². The second-order valence-electron chi connectivity index (χ2n) is 4.51. The van der Waals surface area contributed by atoms with E-state index in [2.05, 4.69) is 20.0 Å². The quantitative estimate of drug-likeness (QED) is 0.419. The number of methoxy groups -OCH3 is 4. The fourth-order valence-corrected chi connectivity index (χ4v) is 2.34. The number of rotatable bonds is 5. The first-order valence-electron chi connectivity index (χ1n) is 7.01. The second kappa shape index (κ2) is 17.9. The maximum atomic E-state index is 7.50. The van der Waals surface area contributed by atoms with Crippen LogP contribution in [-0.4, -0.2) is 28.4 Å². The standard InChI is InChI=1S/C16H20O4.3CO.Fe/c1-17-13-7-9-16(20-4,10-8-13)12-5-6-14(18-2)15(11-12)19-3;3*1-2;/h5-9,11H,10H2,1-4H3;;;;. The third-order valence-corrected chi connectivity index (χ3v) is 3.60. The Labute approximate surface area is 171 Å². The maximum Gasteiger partial charge on any atom is 0 e. The van der Waals surface area contributed by atoms with Crippen LogP contribution in [0.4, 0.5) is 0 Å². The van der Waals surface area contributed by atoms with Crippen LogP contribution in [0.2, 0.25) is 0 Å². The van der Waals surface area contributed by atoms with E-state index >= 15 is 0 Å². The van der Waals surface area contributed by atoms with Crippen molar-refractivity contribution < 1.29 is 50.0 Å². The first kappa shape index (κ1) is 30.2. The van der Waals surface area contributed by atoms with Gasteiger partial charge in [0.05, 0.1) is 19.8 Å².